The average Bonchev–Trinajstić information content (AvgIpc) is 3.57. The quantitative estimate of drug-likeness (QED) is 0.142. The Labute approximate surface area is 313 Å². The summed E-state index contributed by atoms with van der Waals surface area (Å²) in [7, 11) is 1.74. The predicted octanol–water partition coefficient (Wildman–Crippen LogP) is 5.40. The van der Waals surface area contributed by atoms with Gasteiger partial charge in [0.1, 0.15) is 36.4 Å². The lowest BCUT2D eigenvalue weighted by molar-refractivity contribution is -0.140. The van der Waals surface area contributed by atoms with Gasteiger partial charge in [-0.2, -0.15) is 10.2 Å². The van der Waals surface area contributed by atoms with Gasteiger partial charge in [-0.25, -0.2) is 23.2 Å². The number of carbonyl (C=O) groups excluding carboxylic acids is 2. The molecule has 0 unspecified atom stereocenters. The monoisotopic (exact) mass is 752 g/mol. The van der Waals surface area contributed by atoms with E-state index in [9.17, 15) is 23.6 Å². The molecule has 2 aliphatic rings. The van der Waals surface area contributed by atoms with Gasteiger partial charge >= 0.3 is 12.1 Å². The summed E-state index contributed by atoms with van der Waals surface area (Å²) < 4.78 is 37.6. The van der Waals surface area contributed by atoms with Gasteiger partial charge in [0.2, 0.25) is 5.91 Å². The number of benzene rings is 3. The number of rotatable bonds is 9. The van der Waals surface area contributed by atoms with Crippen LogP contribution in [0.5, 0.6) is 0 Å². The van der Waals surface area contributed by atoms with Crippen LogP contribution in [0.2, 0.25) is 0 Å². The molecule has 0 radical (unpaired) electrons. The normalized spacial score (nSPS) is 21.1. The molecule has 284 valence electrons. The number of anilines is 2. The first kappa shape index (κ1) is 36.9. The van der Waals surface area contributed by atoms with Crippen LogP contribution in [-0.2, 0) is 27.9 Å². The predicted molar refractivity (Wildman–Crippen MR) is 197 cm³/mol. The number of aromatic nitrogens is 5. The Bertz CT molecular complexity index is 2360. The van der Waals surface area contributed by atoms with E-state index in [4.69, 9.17) is 14.9 Å². The van der Waals surface area contributed by atoms with Crippen LogP contribution in [0.3, 0.4) is 0 Å². The molecule has 55 heavy (non-hydrogen) atoms. The summed E-state index contributed by atoms with van der Waals surface area (Å²) in [5.41, 5.74) is 1.31. The minimum atomic E-state index is -1.13. The van der Waals surface area contributed by atoms with Crippen LogP contribution in [0.25, 0.3) is 10.8 Å². The summed E-state index contributed by atoms with van der Waals surface area (Å²) >= 11 is 0. The number of carboxylic acids is 1. The highest BCUT2D eigenvalue weighted by atomic mass is 19.1. The molecule has 0 saturated heterocycles. The molecule has 0 fully saturated rings. The molecule has 3 heterocycles. The Morgan fingerprint density at radius 3 is 2.53 bits per heavy atom. The van der Waals surface area contributed by atoms with Crippen molar-refractivity contribution in [2.24, 2.45) is 12.5 Å². The van der Waals surface area contributed by atoms with Crippen molar-refractivity contribution in [3.8, 4) is 0 Å². The Balaban J connectivity index is 1.10. The van der Waals surface area contributed by atoms with E-state index < -0.39 is 59.3 Å². The van der Waals surface area contributed by atoms with Crippen molar-refractivity contribution in [2.75, 3.05) is 17.2 Å². The zero-order chi connectivity index (χ0) is 38.9. The van der Waals surface area contributed by atoms with E-state index in [2.05, 4.69) is 26.0 Å². The van der Waals surface area contributed by atoms with E-state index in [-0.39, 0.29) is 17.8 Å². The van der Waals surface area contributed by atoms with E-state index in [1.54, 1.807) is 61.1 Å². The molecule has 5 aromatic rings. The topological polar surface area (TPSA) is 182 Å². The number of aryl methyl sites for hydroxylation is 1. The van der Waals surface area contributed by atoms with Crippen molar-refractivity contribution in [1.29, 1.82) is 0 Å². The summed E-state index contributed by atoms with van der Waals surface area (Å²) in [6.45, 7) is 1.32. The van der Waals surface area contributed by atoms with Crippen LogP contribution in [0.1, 0.15) is 67.2 Å². The Morgan fingerprint density at radius 2 is 1.82 bits per heavy atom. The molecule has 0 bridgehead atoms. The highest BCUT2D eigenvalue weighted by Crippen LogP contribution is 2.46. The van der Waals surface area contributed by atoms with E-state index in [1.165, 1.54) is 35.3 Å². The summed E-state index contributed by atoms with van der Waals surface area (Å²) in [5.74, 6) is -2.58. The zero-order valence-electron chi connectivity index (χ0n) is 30.0. The average molecular weight is 753 g/mol. The maximum atomic E-state index is 15.1. The smallest absolute Gasteiger partial charge is 0.412 e. The molecule has 7 rings (SSSR count). The van der Waals surface area contributed by atoms with Gasteiger partial charge < -0.3 is 20.5 Å². The summed E-state index contributed by atoms with van der Waals surface area (Å²) in [4.78, 5) is 54.9. The van der Waals surface area contributed by atoms with Gasteiger partial charge in [0, 0.05) is 29.2 Å². The Kier molecular flexibility index (Phi) is 10.1. The summed E-state index contributed by atoms with van der Waals surface area (Å²) in [5, 5.41) is 27.1. The molecule has 1 aliphatic carbocycles. The maximum absolute atomic E-state index is 15.1. The number of hydrogen-bond donors (Lipinski definition) is 4. The number of allylic oxidation sites excluding steroid dienone is 1. The van der Waals surface area contributed by atoms with Crippen LogP contribution in [-0.4, -0.2) is 60.3 Å². The maximum Gasteiger partial charge on any atom is 0.412 e. The van der Waals surface area contributed by atoms with Crippen molar-refractivity contribution in [2.45, 2.75) is 57.2 Å². The first-order chi connectivity index (χ1) is 26.4. The molecule has 0 spiro atoms. The number of nitrogens with one attached hydrogen (secondary N) is 3. The number of ether oxygens (including phenoxy) is 1. The second kappa shape index (κ2) is 15.1. The van der Waals surface area contributed by atoms with Crippen LogP contribution in [0.15, 0.2) is 83.9 Å². The van der Waals surface area contributed by atoms with Crippen molar-refractivity contribution < 1.29 is 33.0 Å². The molecule has 14 nitrogen and oxygen atoms in total. The molecule has 2 amide bonds. The van der Waals surface area contributed by atoms with E-state index in [0.717, 1.165) is 0 Å². The lowest BCUT2D eigenvalue weighted by Crippen LogP contribution is -2.42. The van der Waals surface area contributed by atoms with Crippen LogP contribution in [0, 0.1) is 17.0 Å². The standard InChI is InChI=1S/C39H38F2N8O6/c1-39(37(53)42-19-30(50)51)15-4-3-5-27(14-16-39)55-38(54)45-26-12-6-22(7-13-26)20-49-36(52)28-17-25(41)18-29-31(28)34(47-49)32(35-43-21-44-48(35)2)33(46-29)23-8-10-24(40)11-9-23/h3,5-13,17-18,21,27,32-33,46H,4,14-16,19-20H2,1-2H3,(H,42,53)(H,45,54)(H,50,51)/b5-3+/t27-,32+,33+,39+/m0/s1. The number of hydrogen-bond acceptors (Lipinski definition) is 9. The van der Waals surface area contributed by atoms with Crippen molar-refractivity contribution in [3.63, 3.8) is 0 Å². The highest BCUT2D eigenvalue weighted by Gasteiger charge is 2.39. The van der Waals surface area contributed by atoms with Gasteiger partial charge in [-0.3, -0.25) is 24.4 Å². The number of amides is 2. The van der Waals surface area contributed by atoms with Crippen LogP contribution < -0.4 is 21.5 Å². The second-order valence-electron chi connectivity index (χ2n) is 14.0. The minimum absolute atomic E-state index is 0.0181. The highest BCUT2D eigenvalue weighted by molar-refractivity contribution is 5.97. The van der Waals surface area contributed by atoms with E-state index in [1.807, 2.05) is 6.08 Å². The molecule has 1 aliphatic heterocycles. The number of halogens is 2. The van der Waals surface area contributed by atoms with Gasteiger partial charge in [0.25, 0.3) is 5.56 Å². The number of carboxylic acid groups (broad SMARTS) is 1. The van der Waals surface area contributed by atoms with Gasteiger partial charge in [0.15, 0.2) is 0 Å². The third-order valence-electron chi connectivity index (χ3n) is 10.2. The van der Waals surface area contributed by atoms with Crippen molar-refractivity contribution in [3.05, 3.63) is 124 Å². The van der Waals surface area contributed by atoms with Gasteiger partial charge in [-0.1, -0.05) is 37.3 Å². The summed E-state index contributed by atoms with van der Waals surface area (Å²) in [6.07, 6.45) is 5.55. The minimum Gasteiger partial charge on any atom is -0.480 e. The second-order valence-corrected chi connectivity index (χ2v) is 14.0. The van der Waals surface area contributed by atoms with Gasteiger partial charge in [-0.05, 0) is 79.3 Å². The molecule has 16 heteroatoms. The van der Waals surface area contributed by atoms with Gasteiger partial charge in [-0.15, -0.1) is 0 Å². The summed E-state index contributed by atoms with van der Waals surface area (Å²) in [6, 6.07) is 14.6. The first-order valence-corrected chi connectivity index (χ1v) is 17.7. The third-order valence-corrected chi connectivity index (χ3v) is 10.2. The fourth-order valence-corrected chi connectivity index (χ4v) is 7.25. The fourth-order valence-electron chi connectivity index (χ4n) is 7.25. The van der Waals surface area contributed by atoms with Crippen LogP contribution >= 0.6 is 0 Å². The van der Waals surface area contributed by atoms with E-state index in [0.29, 0.717) is 65.1 Å². The van der Waals surface area contributed by atoms with Crippen molar-refractivity contribution in [1.82, 2.24) is 29.9 Å². The largest absolute Gasteiger partial charge is 0.480 e. The van der Waals surface area contributed by atoms with Crippen molar-refractivity contribution >= 4 is 40.1 Å². The Hall–Kier alpha value is -6.45. The molecule has 4 atom stereocenters. The SMILES string of the molecule is Cn1ncnc1[C@H]1c2nn(Cc3ccc(NC(=O)O[C@H]4/C=C/CC[C@@](C)(C(=O)NCC(=O)O)CC4)cc3)c(=O)c3cc(F)cc(c23)N[C@@H]1c1ccc(F)cc1. The Morgan fingerprint density at radius 1 is 1.05 bits per heavy atom. The van der Waals surface area contributed by atoms with Crippen LogP contribution in [0.4, 0.5) is 25.0 Å². The molecule has 3 aromatic carbocycles. The van der Waals surface area contributed by atoms with E-state index >= 15 is 4.39 Å². The van der Waals surface area contributed by atoms with Gasteiger partial charge in [0.05, 0.1) is 29.6 Å². The molecular formula is C39H38F2N8O6. The lowest BCUT2D eigenvalue weighted by atomic mass is 9.78. The molecule has 0 saturated carbocycles. The number of nitrogens with zero attached hydrogens (tertiary/aromatic N) is 5. The third kappa shape index (κ3) is 7.79. The fraction of sp³-hybridized carbons (Fsp3) is 0.308. The lowest BCUT2D eigenvalue weighted by Gasteiger charge is -2.34. The molecule has 4 N–H and O–H groups in total. The number of aliphatic carboxylic acids is 1. The molecular weight excluding hydrogens is 714 g/mol. The zero-order valence-corrected chi connectivity index (χ0v) is 30.0. The number of carbonyl (C=O) groups is 3. The molecule has 2 aromatic heterocycles. The first-order valence-electron chi connectivity index (χ1n) is 17.7.